The highest BCUT2D eigenvalue weighted by Gasteiger charge is 2.21. The lowest BCUT2D eigenvalue weighted by Crippen LogP contribution is -2.24. The molecular weight excluding hydrogens is 324 g/mol. The van der Waals surface area contributed by atoms with Crippen molar-refractivity contribution in [1.29, 1.82) is 0 Å². The number of halogens is 1. The van der Waals surface area contributed by atoms with Crippen LogP contribution in [0.5, 0.6) is 5.75 Å². The third kappa shape index (κ3) is 3.97. The van der Waals surface area contributed by atoms with Crippen LogP contribution in [-0.4, -0.2) is 20.0 Å². The molecule has 0 aliphatic heterocycles. The molecular formula is C15H17ClN2O3S. The molecule has 7 heteroatoms. The third-order valence-corrected chi connectivity index (χ3v) is 4.83. The van der Waals surface area contributed by atoms with Crippen molar-refractivity contribution in [2.75, 3.05) is 6.61 Å². The maximum absolute atomic E-state index is 12.5. The van der Waals surface area contributed by atoms with Crippen LogP contribution in [-0.2, 0) is 16.6 Å². The molecule has 0 radical (unpaired) electrons. The molecule has 2 aromatic rings. The number of nitrogens with one attached hydrogen (secondary N) is 1. The molecule has 0 amide bonds. The molecule has 0 atom stereocenters. The second-order valence-electron chi connectivity index (χ2n) is 4.67. The monoisotopic (exact) mass is 340 g/mol. The number of hydrogen-bond acceptors (Lipinski definition) is 4. The first-order valence-electron chi connectivity index (χ1n) is 6.75. The molecule has 0 fully saturated rings. The normalized spacial score (nSPS) is 11.4. The molecule has 1 aromatic heterocycles. The van der Waals surface area contributed by atoms with Crippen LogP contribution in [0.25, 0.3) is 0 Å². The van der Waals surface area contributed by atoms with Crippen LogP contribution in [0.3, 0.4) is 0 Å². The first kappa shape index (κ1) is 16.7. The van der Waals surface area contributed by atoms with Gasteiger partial charge in [-0.2, -0.15) is 0 Å². The summed E-state index contributed by atoms with van der Waals surface area (Å²) < 4.78 is 32.9. The average molecular weight is 341 g/mol. The molecule has 1 aromatic carbocycles. The molecule has 0 spiro atoms. The Morgan fingerprint density at radius 3 is 2.77 bits per heavy atom. The van der Waals surface area contributed by atoms with E-state index in [1.807, 2.05) is 0 Å². The zero-order valence-electron chi connectivity index (χ0n) is 12.3. The van der Waals surface area contributed by atoms with Gasteiger partial charge < -0.3 is 4.74 Å². The van der Waals surface area contributed by atoms with Crippen molar-refractivity contribution in [2.24, 2.45) is 0 Å². The second kappa shape index (κ2) is 7.09. The van der Waals surface area contributed by atoms with Crippen LogP contribution in [0.15, 0.2) is 41.6 Å². The number of aromatic nitrogens is 1. The Kier molecular flexibility index (Phi) is 5.39. The Labute approximate surface area is 135 Å². The van der Waals surface area contributed by atoms with Crippen molar-refractivity contribution in [3.05, 3.63) is 52.8 Å². The van der Waals surface area contributed by atoms with Gasteiger partial charge in [0.2, 0.25) is 10.0 Å². The summed E-state index contributed by atoms with van der Waals surface area (Å²) in [7, 11) is -3.74. The van der Waals surface area contributed by atoms with Gasteiger partial charge in [0.25, 0.3) is 0 Å². The topological polar surface area (TPSA) is 68.3 Å². The highest BCUT2D eigenvalue weighted by Crippen LogP contribution is 2.30. The van der Waals surface area contributed by atoms with Crippen molar-refractivity contribution < 1.29 is 13.2 Å². The van der Waals surface area contributed by atoms with Gasteiger partial charge in [-0.15, -0.1) is 0 Å². The number of hydrogen-bond donors (Lipinski definition) is 1. The summed E-state index contributed by atoms with van der Waals surface area (Å²) in [6, 6.07) is 6.58. The van der Waals surface area contributed by atoms with Crippen molar-refractivity contribution in [3.63, 3.8) is 0 Å². The Bertz CT molecular complexity index is 749. The minimum atomic E-state index is -3.74. The molecule has 0 unspecified atom stereocenters. The Morgan fingerprint density at radius 1 is 1.36 bits per heavy atom. The number of sulfonamides is 1. The fourth-order valence-electron chi connectivity index (χ4n) is 1.87. The number of rotatable bonds is 6. The van der Waals surface area contributed by atoms with Crippen LogP contribution in [0, 0.1) is 6.92 Å². The van der Waals surface area contributed by atoms with E-state index in [0.717, 1.165) is 11.1 Å². The highest BCUT2D eigenvalue weighted by molar-refractivity contribution is 7.89. The molecule has 0 bridgehead atoms. The SMILES string of the molecule is CCOc1cc(C)c(Cl)cc1S(=O)(=O)NCc1cccnc1. The number of pyridine rings is 1. The standard InChI is InChI=1S/C15H17ClN2O3S/c1-3-21-14-7-11(2)13(16)8-15(14)22(19,20)18-10-12-5-4-6-17-9-12/h4-9,18H,3,10H2,1-2H3. The molecule has 0 aliphatic rings. The number of nitrogens with zero attached hydrogens (tertiary/aromatic N) is 1. The van der Waals surface area contributed by atoms with Gasteiger partial charge in [0.1, 0.15) is 10.6 Å². The number of benzene rings is 1. The van der Waals surface area contributed by atoms with Gasteiger partial charge in [-0.3, -0.25) is 4.98 Å². The molecule has 0 saturated carbocycles. The first-order valence-corrected chi connectivity index (χ1v) is 8.61. The highest BCUT2D eigenvalue weighted by atomic mass is 35.5. The van der Waals surface area contributed by atoms with Crippen molar-refractivity contribution >= 4 is 21.6 Å². The summed E-state index contributed by atoms with van der Waals surface area (Å²) in [6.45, 7) is 4.10. The smallest absolute Gasteiger partial charge is 0.244 e. The van der Waals surface area contributed by atoms with E-state index < -0.39 is 10.0 Å². The van der Waals surface area contributed by atoms with Gasteiger partial charge in [-0.25, -0.2) is 13.1 Å². The van der Waals surface area contributed by atoms with E-state index in [4.69, 9.17) is 16.3 Å². The van der Waals surface area contributed by atoms with Crippen molar-refractivity contribution in [3.8, 4) is 5.75 Å². The Balaban J connectivity index is 2.30. The predicted molar refractivity (Wildman–Crippen MR) is 85.6 cm³/mol. The second-order valence-corrected chi connectivity index (χ2v) is 6.81. The Hall–Kier alpha value is -1.63. The van der Waals surface area contributed by atoms with E-state index >= 15 is 0 Å². The van der Waals surface area contributed by atoms with Crippen molar-refractivity contribution in [2.45, 2.75) is 25.3 Å². The molecule has 0 aliphatic carbocycles. The van der Waals surface area contributed by atoms with Gasteiger partial charge in [-0.05, 0) is 43.2 Å². The summed E-state index contributed by atoms with van der Waals surface area (Å²) in [5.74, 6) is 0.295. The summed E-state index contributed by atoms with van der Waals surface area (Å²) >= 11 is 6.05. The Morgan fingerprint density at radius 2 is 2.14 bits per heavy atom. The molecule has 22 heavy (non-hydrogen) atoms. The van der Waals surface area contributed by atoms with E-state index in [0.29, 0.717) is 17.4 Å². The molecule has 0 saturated heterocycles. The lowest BCUT2D eigenvalue weighted by Gasteiger charge is -2.13. The van der Waals surface area contributed by atoms with Gasteiger partial charge in [0.05, 0.1) is 6.61 Å². The van der Waals surface area contributed by atoms with E-state index in [2.05, 4.69) is 9.71 Å². The summed E-state index contributed by atoms with van der Waals surface area (Å²) in [6.07, 6.45) is 3.24. The maximum atomic E-state index is 12.5. The molecule has 5 nitrogen and oxygen atoms in total. The molecule has 1 heterocycles. The lowest BCUT2D eigenvalue weighted by molar-refractivity contribution is 0.330. The molecule has 1 N–H and O–H groups in total. The van der Waals surface area contributed by atoms with Gasteiger partial charge in [-0.1, -0.05) is 17.7 Å². The minimum absolute atomic E-state index is 0.0360. The van der Waals surface area contributed by atoms with Crippen LogP contribution in [0.2, 0.25) is 5.02 Å². The van der Waals surface area contributed by atoms with E-state index in [1.54, 1.807) is 44.4 Å². The van der Waals surface area contributed by atoms with Gasteiger partial charge in [0.15, 0.2) is 0 Å². The fourth-order valence-corrected chi connectivity index (χ4v) is 3.27. The maximum Gasteiger partial charge on any atom is 0.244 e. The predicted octanol–water partition coefficient (Wildman–Crippen LogP) is 2.92. The summed E-state index contributed by atoms with van der Waals surface area (Å²) in [5, 5.41) is 0.380. The van der Waals surface area contributed by atoms with Crippen molar-refractivity contribution in [1.82, 2.24) is 9.71 Å². The quantitative estimate of drug-likeness (QED) is 0.877. The number of ether oxygens (including phenoxy) is 1. The average Bonchev–Trinajstić information content (AvgIpc) is 2.50. The van der Waals surface area contributed by atoms with E-state index in [1.165, 1.54) is 6.07 Å². The largest absolute Gasteiger partial charge is 0.492 e. The lowest BCUT2D eigenvalue weighted by atomic mass is 10.2. The van der Waals surface area contributed by atoms with E-state index in [9.17, 15) is 8.42 Å². The fraction of sp³-hybridized carbons (Fsp3) is 0.267. The summed E-state index contributed by atoms with van der Waals surface area (Å²) in [4.78, 5) is 3.99. The van der Waals surface area contributed by atoms with Crippen LogP contribution >= 0.6 is 11.6 Å². The molecule has 2 rings (SSSR count). The van der Waals surface area contributed by atoms with Crippen LogP contribution in [0.4, 0.5) is 0 Å². The minimum Gasteiger partial charge on any atom is -0.492 e. The van der Waals surface area contributed by atoms with Crippen LogP contribution in [0.1, 0.15) is 18.1 Å². The van der Waals surface area contributed by atoms with E-state index in [-0.39, 0.29) is 11.4 Å². The van der Waals surface area contributed by atoms with Gasteiger partial charge in [0, 0.05) is 24.0 Å². The van der Waals surface area contributed by atoms with Crippen LogP contribution < -0.4 is 9.46 Å². The summed E-state index contributed by atoms with van der Waals surface area (Å²) in [5.41, 5.74) is 1.53. The van der Waals surface area contributed by atoms with Gasteiger partial charge >= 0.3 is 0 Å². The number of aryl methyl sites for hydroxylation is 1. The third-order valence-electron chi connectivity index (χ3n) is 3.00. The first-order chi connectivity index (χ1) is 10.4. The molecule has 118 valence electrons. The zero-order valence-corrected chi connectivity index (χ0v) is 13.9. The zero-order chi connectivity index (χ0) is 16.2.